The van der Waals surface area contributed by atoms with Crippen LogP contribution in [0.3, 0.4) is 0 Å². The number of benzene rings is 2. The molecule has 7 N–H and O–H groups in total. The summed E-state index contributed by atoms with van der Waals surface area (Å²) >= 11 is 0. The van der Waals surface area contributed by atoms with Crippen molar-refractivity contribution in [3.8, 4) is 0 Å². The fourth-order valence-electron chi connectivity index (χ4n) is 2.85. The zero-order valence-electron chi connectivity index (χ0n) is 17.3. The maximum Gasteiger partial charge on any atom is 0.255 e. The van der Waals surface area contributed by atoms with Crippen LogP contribution >= 0.6 is 0 Å². The Morgan fingerprint density at radius 1 is 1.00 bits per heavy atom. The van der Waals surface area contributed by atoms with E-state index in [9.17, 15) is 14.4 Å². The van der Waals surface area contributed by atoms with E-state index in [4.69, 9.17) is 11.5 Å². The van der Waals surface area contributed by atoms with Gasteiger partial charge in [-0.2, -0.15) is 0 Å². The van der Waals surface area contributed by atoms with Crippen molar-refractivity contribution in [3.05, 3.63) is 59.7 Å². The molecule has 8 nitrogen and oxygen atoms in total. The second-order valence-electron chi connectivity index (χ2n) is 7.41. The highest BCUT2D eigenvalue weighted by Crippen LogP contribution is 2.18. The molecule has 0 saturated carbocycles. The summed E-state index contributed by atoms with van der Waals surface area (Å²) in [6.07, 6.45) is 0.513. The van der Waals surface area contributed by atoms with Crippen LogP contribution < -0.4 is 27.4 Å². The predicted molar refractivity (Wildman–Crippen MR) is 118 cm³/mol. The number of para-hydroxylation sites is 2. The number of nitrogen functional groups attached to an aromatic ring is 1. The van der Waals surface area contributed by atoms with Gasteiger partial charge in [-0.3, -0.25) is 14.4 Å². The van der Waals surface area contributed by atoms with Crippen molar-refractivity contribution in [1.82, 2.24) is 10.6 Å². The Balaban J connectivity index is 1.94. The Morgan fingerprint density at radius 2 is 1.67 bits per heavy atom. The monoisotopic (exact) mass is 411 g/mol. The highest BCUT2D eigenvalue weighted by atomic mass is 16.2. The minimum Gasteiger partial charge on any atom is -0.397 e. The summed E-state index contributed by atoms with van der Waals surface area (Å²) < 4.78 is 0. The average Bonchev–Trinajstić information content (AvgIpc) is 2.73. The van der Waals surface area contributed by atoms with Crippen LogP contribution in [0.2, 0.25) is 0 Å². The van der Waals surface area contributed by atoms with Gasteiger partial charge in [-0.1, -0.05) is 38.1 Å². The van der Waals surface area contributed by atoms with Gasteiger partial charge in [0.25, 0.3) is 5.91 Å². The van der Waals surface area contributed by atoms with Crippen LogP contribution in [0, 0.1) is 5.92 Å². The van der Waals surface area contributed by atoms with E-state index in [1.165, 1.54) is 0 Å². The molecule has 0 bridgehead atoms. The Labute approximate surface area is 176 Å². The fourth-order valence-corrected chi connectivity index (χ4v) is 2.85. The summed E-state index contributed by atoms with van der Waals surface area (Å²) in [5.74, 6) is -0.683. The number of nitrogens with two attached hydrogens (primary N) is 2. The summed E-state index contributed by atoms with van der Waals surface area (Å²) in [7, 11) is 0. The number of amides is 3. The smallest absolute Gasteiger partial charge is 0.255 e. The molecule has 0 fully saturated rings. The molecule has 0 spiro atoms. The Hall–Kier alpha value is -3.39. The number of anilines is 2. The van der Waals surface area contributed by atoms with E-state index in [0.717, 1.165) is 5.56 Å². The summed E-state index contributed by atoms with van der Waals surface area (Å²) in [5, 5.41) is 8.23. The molecule has 30 heavy (non-hydrogen) atoms. The summed E-state index contributed by atoms with van der Waals surface area (Å²) in [6.45, 7) is 4.06. The highest BCUT2D eigenvalue weighted by molar-refractivity contribution is 6.05. The van der Waals surface area contributed by atoms with Crippen LogP contribution in [0.25, 0.3) is 0 Å². The predicted octanol–water partition coefficient (Wildman–Crippen LogP) is 1.63. The van der Waals surface area contributed by atoms with E-state index >= 15 is 0 Å². The number of nitrogens with one attached hydrogen (secondary N) is 3. The minimum atomic E-state index is -0.637. The molecule has 0 aliphatic heterocycles. The van der Waals surface area contributed by atoms with Crippen molar-refractivity contribution in [2.24, 2.45) is 11.7 Å². The van der Waals surface area contributed by atoms with Gasteiger partial charge >= 0.3 is 0 Å². The lowest BCUT2D eigenvalue weighted by atomic mass is 10.0. The van der Waals surface area contributed by atoms with Gasteiger partial charge in [0.05, 0.1) is 17.9 Å². The first-order valence-corrected chi connectivity index (χ1v) is 9.82. The van der Waals surface area contributed by atoms with Crippen molar-refractivity contribution in [2.75, 3.05) is 17.6 Å². The van der Waals surface area contributed by atoms with Gasteiger partial charge in [0.1, 0.15) is 6.04 Å². The molecular formula is C22H29N5O3. The van der Waals surface area contributed by atoms with Crippen molar-refractivity contribution in [3.63, 3.8) is 0 Å². The lowest BCUT2D eigenvalue weighted by molar-refractivity contribution is -0.128. The first-order chi connectivity index (χ1) is 14.3. The van der Waals surface area contributed by atoms with Crippen LogP contribution in [0.4, 0.5) is 11.4 Å². The van der Waals surface area contributed by atoms with E-state index < -0.39 is 6.04 Å². The molecule has 0 heterocycles. The standard InChI is InChI=1S/C22H29N5O3/c1-14(2)11-19(26-20(28)12-23)22(30)25-13-15-7-9-16(10-8-15)21(29)27-18-6-4-3-5-17(18)24/h3-10,14,19H,11-13,23-24H2,1-2H3,(H,25,30)(H,26,28)(H,27,29)/t19-/m0/s1. The van der Waals surface area contributed by atoms with E-state index in [1.807, 2.05) is 13.8 Å². The minimum absolute atomic E-state index is 0.167. The van der Waals surface area contributed by atoms with Crippen LogP contribution in [0.5, 0.6) is 0 Å². The zero-order chi connectivity index (χ0) is 22.1. The van der Waals surface area contributed by atoms with Crippen LogP contribution in [-0.4, -0.2) is 30.3 Å². The van der Waals surface area contributed by atoms with Gasteiger partial charge in [0, 0.05) is 12.1 Å². The second-order valence-corrected chi connectivity index (χ2v) is 7.41. The molecule has 2 rings (SSSR count). The number of carbonyl (C=O) groups is 3. The van der Waals surface area contributed by atoms with Gasteiger partial charge in [-0.25, -0.2) is 0 Å². The lowest BCUT2D eigenvalue weighted by Gasteiger charge is -2.20. The molecule has 2 aromatic rings. The van der Waals surface area contributed by atoms with E-state index in [1.54, 1.807) is 48.5 Å². The zero-order valence-corrected chi connectivity index (χ0v) is 17.3. The van der Waals surface area contributed by atoms with Gasteiger partial charge in [0.15, 0.2) is 0 Å². The Kier molecular flexibility index (Phi) is 8.37. The summed E-state index contributed by atoms with van der Waals surface area (Å²) in [6, 6.07) is 13.3. The van der Waals surface area contributed by atoms with E-state index in [0.29, 0.717) is 23.4 Å². The third kappa shape index (κ3) is 6.89. The topological polar surface area (TPSA) is 139 Å². The van der Waals surface area contributed by atoms with Crippen molar-refractivity contribution in [2.45, 2.75) is 32.9 Å². The molecule has 3 amide bonds. The number of hydrogen-bond donors (Lipinski definition) is 5. The summed E-state index contributed by atoms with van der Waals surface area (Å²) in [5.41, 5.74) is 13.5. The second kappa shape index (κ2) is 11.0. The molecule has 1 atom stereocenters. The molecule has 0 saturated heterocycles. The van der Waals surface area contributed by atoms with Crippen molar-refractivity contribution >= 4 is 29.1 Å². The number of hydrogen-bond acceptors (Lipinski definition) is 5. The molecule has 0 unspecified atom stereocenters. The number of carbonyl (C=O) groups excluding carboxylic acids is 3. The maximum atomic E-state index is 12.5. The fraction of sp³-hybridized carbons (Fsp3) is 0.318. The normalized spacial score (nSPS) is 11.6. The molecular weight excluding hydrogens is 382 g/mol. The maximum absolute atomic E-state index is 12.5. The largest absolute Gasteiger partial charge is 0.397 e. The first-order valence-electron chi connectivity index (χ1n) is 9.82. The van der Waals surface area contributed by atoms with Crippen molar-refractivity contribution in [1.29, 1.82) is 0 Å². The van der Waals surface area contributed by atoms with Crippen LogP contribution in [0.1, 0.15) is 36.2 Å². The molecule has 2 aromatic carbocycles. The lowest BCUT2D eigenvalue weighted by Crippen LogP contribution is -2.48. The van der Waals surface area contributed by atoms with E-state index in [2.05, 4.69) is 16.0 Å². The van der Waals surface area contributed by atoms with Crippen LogP contribution in [0.15, 0.2) is 48.5 Å². The third-order valence-corrected chi connectivity index (χ3v) is 4.44. The van der Waals surface area contributed by atoms with Crippen molar-refractivity contribution < 1.29 is 14.4 Å². The molecule has 0 radical (unpaired) electrons. The van der Waals surface area contributed by atoms with Crippen LogP contribution in [-0.2, 0) is 16.1 Å². The third-order valence-electron chi connectivity index (χ3n) is 4.44. The molecule has 0 aliphatic carbocycles. The van der Waals surface area contributed by atoms with Gasteiger partial charge in [-0.05, 0) is 42.2 Å². The SMILES string of the molecule is CC(C)C[C@H](NC(=O)CN)C(=O)NCc1ccc(C(=O)Nc2ccccc2N)cc1. The highest BCUT2D eigenvalue weighted by Gasteiger charge is 2.21. The first kappa shape index (κ1) is 22.9. The molecule has 0 aromatic heterocycles. The molecule has 160 valence electrons. The summed E-state index contributed by atoms with van der Waals surface area (Å²) in [4.78, 5) is 36.4. The van der Waals surface area contributed by atoms with Gasteiger partial charge in [0.2, 0.25) is 11.8 Å². The Morgan fingerprint density at radius 3 is 2.27 bits per heavy atom. The van der Waals surface area contributed by atoms with Gasteiger partial charge in [-0.15, -0.1) is 0 Å². The number of rotatable bonds is 9. The average molecular weight is 412 g/mol. The quantitative estimate of drug-likeness (QED) is 0.399. The van der Waals surface area contributed by atoms with Gasteiger partial charge < -0.3 is 27.4 Å². The van der Waals surface area contributed by atoms with E-state index in [-0.39, 0.29) is 36.7 Å². The Bertz CT molecular complexity index is 881. The molecule has 0 aliphatic rings. The molecule has 8 heteroatoms.